The summed E-state index contributed by atoms with van der Waals surface area (Å²) >= 11 is 0. The van der Waals surface area contributed by atoms with E-state index in [2.05, 4.69) is 31.3 Å². The van der Waals surface area contributed by atoms with Crippen LogP contribution in [-0.4, -0.2) is 27.4 Å². The van der Waals surface area contributed by atoms with Crippen LogP contribution in [0.2, 0.25) is 0 Å². The van der Waals surface area contributed by atoms with E-state index in [9.17, 15) is 0 Å². The van der Waals surface area contributed by atoms with Gasteiger partial charge in [-0.15, -0.1) is 0 Å². The highest BCUT2D eigenvalue weighted by molar-refractivity contribution is 5.54. The minimum atomic E-state index is 0.236. The van der Waals surface area contributed by atoms with Crippen molar-refractivity contribution in [3.63, 3.8) is 0 Å². The summed E-state index contributed by atoms with van der Waals surface area (Å²) in [4.78, 5) is 0. The average Bonchev–Trinajstić information content (AvgIpc) is 2.67. The van der Waals surface area contributed by atoms with E-state index in [0.717, 1.165) is 17.1 Å². The van der Waals surface area contributed by atoms with Crippen LogP contribution in [0.1, 0.15) is 31.0 Å². The highest BCUT2D eigenvalue weighted by atomic mass is 16.6. The van der Waals surface area contributed by atoms with E-state index in [1.165, 1.54) is 5.56 Å². The van der Waals surface area contributed by atoms with Crippen LogP contribution in [-0.2, 0) is 6.54 Å². The summed E-state index contributed by atoms with van der Waals surface area (Å²) in [6.45, 7) is 6.25. The summed E-state index contributed by atoms with van der Waals surface area (Å²) in [6.07, 6.45) is 0. The second-order valence-corrected chi connectivity index (χ2v) is 6.70. The molecule has 0 radical (unpaired) electrons. The Kier molecular flexibility index (Phi) is 5.89. The predicted molar refractivity (Wildman–Crippen MR) is 101 cm³/mol. The van der Waals surface area contributed by atoms with Crippen LogP contribution < -0.4 is 24.3 Å². The fourth-order valence-electron chi connectivity index (χ4n) is 3.21. The Morgan fingerprint density at radius 2 is 1.73 bits per heavy atom. The lowest BCUT2D eigenvalue weighted by Crippen LogP contribution is -2.25. The first kappa shape index (κ1) is 18.4. The number of fused-ring (bicyclic) bond motifs is 1. The predicted octanol–water partition coefficient (Wildman–Crippen LogP) is 3.96. The lowest BCUT2D eigenvalue weighted by atomic mass is 9.95. The normalized spacial score (nSPS) is 14.2. The third-order valence-corrected chi connectivity index (χ3v) is 4.56. The molecule has 3 rings (SSSR count). The molecule has 0 saturated carbocycles. The lowest BCUT2D eigenvalue weighted by Gasteiger charge is -2.25. The van der Waals surface area contributed by atoms with E-state index in [-0.39, 0.29) is 6.04 Å². The molecular formula is C21H27NO4. The van der Waals surface area contributed by atoms with Gasteiger partial charge >= 0.3 is 0 Å². The molecule has 5 heteroatoms. The molecule has 0 amide bonds. The van der Waals surface area contributed by atoms with Gasteiger partial charge in [-0.25, -0.2) is 0 Å². The van der Waals surface area contributed by atoms with Crippen LogP contribution in [0.5, 0.6) is 23.0 Å². The molecule has 0 aliphatic carbocycles. The van der Waals surface area contributed by atoms with E-state index in [0.29, 0.717) is 37.2 Å². The molecule has 26 heavy (non-hydrogen) atoms. The maximum Gasteiger partial charge on any atom is 0.203 e. The molecule has 0 spiro atoms. The minimum absolute atomic E-state index is 0.236. The van der Waals surface area contributed by atoms with Gasteiger partial charge in [-0.3, -0.25) is 0 Å². The monoisotopic (exact) mass is 357 g/mol. The number of benzene rings is 2. The van der Waals surface area contributed by atoms with Gasteiger partial charge in [-0.2, -0.15) is 0 Å². The number of nitrogens with one attached hydrogen (secondary N) is 1. The van der Waals surface area contributed by atoms with Crippen LogP contribution >= 0.6 is 0 Å². The van der Waals surface area contributed by atoms with Crippen molar-refractivity contribution in [3.05, 3.63) is 47.5 Å². The fraction of sp³-hybridized carbons (Fsp3) is 0.429. The maximum absolute atomic E-state index is 5.72. The Morgan fingerprint density at radius 1 is 1.00 bits per heavy atom. The van der Waals surface area contributed by atoms with Crippen molar-refractivity contribution < 1.29 is 18.9 Å². The van der Waals surface area contributed by atoms with E-state index < -0.39 is 0 Å². The second kappa shape index (κ2) is 8.32. The summed E-state index contributed by atoms with van der Waals surface area (Å²) in [5.74, 6) is 3.47. The largest absolute Gasteiger partial charge is 0.497 e. The van der Waals surface area contributed by atoms with Crippen molar-refractivity contribution in [1.82, 2.24) is 5.32 Å². The number of rotatable bonds is 7. The first-order valence-corrected chi connectivity index (χ1v) is 8.96. The SMILES string of the molecule is COc1ccc(C(NCc2cc(OC)c3c(c2)OCCO3)C(C)C)cc1. The fourth-order valence-corrected chi connectivity index (χ4v) is 3.21. The molecule has 0 saturated heterocycles. The topological polar surface area (TPSA) is 49.0 Å². The van der Waals surface area contributed by atoms with Crippen molar-refractivity contribution >= 4 is 0 Å². The summed E-state index contributed by atoms with van der Waals surface area (Å²) in [5.41, 5.74) is 2.34. The van der Waals surface area contributed by atoms with Crippen molar-refractivity contribution in [3.8, 4) is 23.0 Å². The zero-order chi connectivity index (χ0) is 18.5. The van der Waals surface area contributed by atoms with Gasteiger partial charge in [0, 0.05) is 12.6 Å². The van der Waals surface area contributed by atoms with E-state index in [1.54, 1.807) is 14.2 Å². The van der Waals surface area contributed by atoms with Crippen LogP contribution in [0.15, 0.2) is 36.4 Å². The lowest BCUT2D eigenvalue weighted by molar-refractivity contribution is 0.165. The first-order chi connectivity index (χ1) is 12.6. The zero-order valence-electron chi connectivity index (χ0n) is 15.9. The molecule has 5 nitrogen and oxygen atoms in total. The molecule has 0 fully saturated rings. The summed E-state index contributed by atoms with van der Waals surface area (Å²) in [6, 6.07) is 12.5. The molecular weight excluding hydrogens is 330 g/mol. The van der Waals surface area contributed by atoms with Crippen LogP contribution in [0.25, 0.3) is 0 Å². The Hall–Kier alpha value is -2.40. The number of ether oxygens (including phenoxy) is 4. The van der Waals surface area contributed by atoms with Crippen LogP contribution in [0.3, 0.4) is 0 Å². The molecule has 0 bridgehead atoms. The Labute approximate surface area is 155 Å². The smallest absolute Gasteiger partial charge is 0.203 e. The van der Waals surface area contributed by atoms with Crippen molar-refractivity contribution in [2.75, 3.05) is 27.4 Å². The minimum Gasteiger partial charge on any atom is -0.497 e. The Bertz CT molecular complexity index is 710. The number of hydrogen-bond donors (Lipinski definition) is 1. The average molecular weight is 357 g/mol. The number of methoxy groups -OCH3 is 2. The summed E-state index contributed by atoms with van der Waals surface area (Å²) in [7, 11) is 3.33. The van der Waals surface area contributed by atoms with Gasteiger partial charge in [0.05, 0.1) is 14.2 Å². The zero-order valence-corrected chi connectivity index (χ0v) is 15.9. The quantitative estimate of drug-likeness (QED) is 0.813. The summed E-state index contributed by atoms with van der Waals surface area (Å²) in [5, 5.41) is 3.65. The standard InChI is InChI=1S/C21H27NO4/c1-14(2)20(16-5-7-17(23-3)8-6-16)22-13-15-11-18(24-4)21-19(12-15)25-9-10-26-21/h5-8,11-12,14,20,22H,9-10,13H2,1-4H3. The van der Waals surface area contributed by atoms with E-state index in [4.69, 9.17) is 18.9 Å². The van der Waals surface area contributed by atoms with Crippen molar-refractivity contribution in [2.24, 2.45) is 5.92 Å². The van der Waals surface area contributed by atoms with Gasteiger partial charge in [0.15, 0.2) is 11.5 Å². The summed E-state index contributed by atoms with van der Waals surface area (Å²) < 4.78 is 22.1. The van der Waals surface area contributed by atoms with Crippen LogP contribution in [0, 0.1) is 5.92 Å². The third-order valence-electron chi connectivity index (χ3n) is 4.56. The first-order valence-electron chi connectivity index (χ1n) is 8.96. The molecule has 0 aromatic heterocycles. The van der Waals surface area contributed by atoms with E-state index >= 15 is 0 Å². The molecule has 1 unspecified atom stereocenters. The molecule has 1 aliphatic rings. The Morgan fingerprint density at radius 3 is 2.38 bits per heavy atom. The molecule has 1 aliphatic heterocycles. The van der Waals surface area contributed by atoms with E-state index in [1.807, 2.05) is 24.3 Å². The van der Waals surface area contributed by atoms with Gasteiger partial charge in [-0.1, -0.05) is 26.0 Å². The number of hydrogen-bond acceptors (Lipinski definition) is 5. The third kappa shape index (κ3) is 4.05. The van der Waals surface area contributed by atoms with Gasteiger partial charge in [-0.05, 0) is 41.3 Å². The molecule has 1 atom stereocenters. The van der Waals surface area contributed by atoms with Crippen molar-refractivity contribution in [1.29, 1.82) is 0 Å². The molecule has 1 N–H and O–H groups in total. The Balaban J connectivity index is 1.76. The maximum atomic E-state index is 5.72. The van der Waals surface area contributed by atoms with Crippen molar-refractivity contribution in [2.45, 2.75) is 26.4 Å². The molecule has 1 heterocycles. The van der Waals surface area contributed by atoms with Gasteiger partial charge in [0.2, 0.25) is 5.75 Å². The molecule has 2 aromatic carbocycles. The highest BCUT2D eigenvalue weighted by Gasteiger charge is 2.20. The van der Waals surface area contributed by atoms with Gasteiger partial charge in [0.1, 0.15) is 19.0 Å². The van der Waals surface area contributed by atoms with Gasteiger partial charge < -0.3 is 24.3 Å². The van der Waals surface area contributed by atoms with Crippen LogP contribution in [0.4, 0.5) is 0 Å². The second-order valence-electron chi connectivity index (χ2n) is 6.70. The molecule has 2 aromatic rings. The molecule has 140 valence electrons. The van der Waals surface area contributed by atoms with Gasteiger partial charge in [0.25, 0.3) is 0 Å². The highest BCUT2D eigenvalue weighted by Crippen LogP contribution is 2.40.